The zero-order valence-electron chi connectivity index (χ0n) is 18.8. The summed E-state index contributed by atoms with van der Waals surface area (Å²) in [7, 11) is 0. The van der Waals surface area contributed by atoms with Gasteiger partial charge in [0.1, 0.15) is 11.3 Å². The van der Waals surface area contributed by atoms with Gasteiger partial charge in [-0.2, -0.15) is 4.98 Å². The Hall–Kier alpha value is -2.93. The van der Waals surface area contributed by atoms with Crippen LogP contribution in [0, 0.1) is 5.92 Å². The number of hydrogen-bond donors (Lipinski definition) is 2. The van der Waals surface area contributed by atoms with Crippen LogP contribution >= 0.6 is 23.2 Å². The Balaban J connectivity index is 1.52. The van der Waals surface area contributed by atoms with Crippen LogP contribution in [0.4, 0.5) is 5.95 Å². The van der Waals surface area contributed by atoms with Crippen LogP contribution in [0.3, 0.4) is 0 Å². The second-order valence-electron chi connectivity index (χ2n) is 8.56. The summed E-state index contributed by atoms with van der Waals surface area (Å²) in [5.74, 6) is 1.75. The lowest BCUT2D eigenvalue weighted by Gasteiger charge is -2.24. The summed E-state index contributed by atoms with van der Waals surface area (Å²) in [4.78, 5) is 14.2. The van der Waals surface area contributed by atoms with Crippen molar-refractivity contribution in [2.24, 2.45) is 5.92 Å². The van der Waals surface area contributed by atoms with Crippen molar-refractivity contribution in [2.45, 2.75) is 25.9 Å². The molecule has 6 nitrogen and oxygen atoms in total. The van der Waals surface area contributed by atoms with Crippen LogP contribution in [0.15, 0.2) is 55.2 Å². The van der Waals surface area contributed by atoms with Crippen LogP contribution in [0.1, 0.15) is 24.0 Å². The van der Waals surface area contributed by atoms with E-state index < -0.39 is 0 Å². The van der Waals surface area contributed by atoms with Gasteiger partial charge in [0.25, 0.3) is 0 Å². The summed E-state index contributed by atoms with van der Waals surface area (Å²) in [6, 6.07) is 13.7. The Labute approximate surface area is 209 Å². The highest BCUT2D eigenvalue weighted by Crippen LogP contribution is 2.36. The summed E-state index contributed by atoms with van der Waals surface area (Å²) in [5, 5.41) is 7.98. The molecule has 1 aliphatic rings. The molecule has 5 rings (SSSR count). The molecule has 0 spiro atoms. The van der Waals surface area contributed by atoms with Gasteiger partial charge >= 0.3 is 0 Å². The molecule has 0 amide bonds. The topological polar surface area (TPSA) is 67.7 Å². The van der Waals surface area contributed by atoms with E-state index in [1.807, 2.05) is 36.4 Å². The monoisotopic (exact) mass is 492 g/mol. The number of piperidine rings is 1. The number of imidazole rings is 1. The average Bonchev–Trinajstić information content (AvgIpc) is 3.20. The molecule has 0 saturated carbocycles. The molecule has 3 heterocycles. The van der Waals surface area contributed by atoms with Crippen LogP contribution in [-0.2, 0) is 13.1 Å². The van der Waals surface area contributed by atoms with Gasteiger partial charge in [-0.05, 0) is 61.2 Å². The first kappa shape index (κ1) is 22.8. The molecular weight excluding hydrogens is 467 g/mol. The lowest BCUT2D eigenvalue weighted by molar-refractivity contribution is 0.341. The Kier molecular flexibility index (Phi) is 6.81. The van der Waals surface area contributed by atoms with Gasteiger partial charge in [0, 0.05) is 13.1 Å². The van der Waals surface area contributed by atoms with Crippen molar-refractivity contribution in [1.82, 2.24) is 24.8 Å². The van der Waals surface area contributed by atoms with E-state index >= 15 is 0 Å². The zero-order valence-corrected chi connectivity index (χ0v) is 20.3. The van der Waals surface area contributed by atoms with Gasteiger partial charge in [0.05, 0.1) is 21.8 Å². The van der Waals surface area contributed by atoms with Crippen LogP contribution in [0.5, 0.6) is 0 Å². The van der Waals surface area contributed by atoms with Gasteiger partial charge in [0.15, 0.2) is 5.65 Å². The molecule has 1 saturated heterocycles. The lowest BCUT2D eigenvalue weighted by atomic mass is 9.99. The molecule has 4 aromatic rings. The second-order valence-corrected chi connectivity index (χ2v) is 9.37. The first-order valence-corrected chi connectivity index (χ1v) is 12.2. The highest BCUT2D eigenvalue weighted by molar-refractivity contribution is 6.39. The van der Waals surface area contributed by atoms with Gasteiger partial charge in [-0.1, -0.05) is 60.1 Å². The fraction of sp³-hybridized carbons (Fsp3) is 0.269. The first-order valence-electron chi connectivity index (χ1n) is 11.5. The van der Waals surface area contributed by atoms with Crippen molar-refractivity contribution in [3.05, 3.63) is 76.4 Å². The van der Waals surface area contributed by atoms with Crippen LogP contribution < -0.4 is 10.6 Å². The average molecular weight is 493 g/mol. The molecule has 0 bridgehead atoms. The Morgan fingerprint density at radius 3 is 2.74 bits per heavy atom. The third-order valence-corrected chi connectivity index (χ3v) is 6.78. The first-order chi connectivity index (χ1) is 16.6. The van der Waals surface area contributed by atoms with Crippen LogP contribution in [0.25, 0.3) is 28.6 Å². The summed E-state index contributed by atoms with van der Waals surface area (Å²) in [6.07, 6.45) is 5.91. The van der Waals surface area contributed by atoms with E-state index in [2.05, 4.69) is 38.9 Å². The number of anilines is 1. The molecule has 2 aromatic heterocycles. The van der Waals surface area contributed by atoms with Gasteiger partial charge in [0.2, 0.25) is 5.95 Å². The highest BCUT2D eigenvalue weighted by Gasteiger charge is 2.23. The third kappa shape index (κ3) is 4.80. The number of halogens is 2. The smallest absolute Gasteiger partial charge is 0.225 e. The molecule has 1 atom stereocenters. The van der Waals surface area contributed by atoms with Gasteiger partial charge in [-0.25, -0.2) is 9.97 Å². The summed E-state index contributed by atoms with van der Waals surface area (Å²) in [5.41, 5.74) is 4.42. The van der Waals surface area contributed by atoms with Gasteiger partial charge < -0.3 is 15.2 Å². The molecule has 2 N–H and O–H groups in total. The van der Waals surface area contributed by atoms with E-state index in [1.54, 1.807) is 6.20 Å². The summed E-state index contributed by atoms with van der Waals surface area (Å²) in [6.45, 7) is 7.25. The normalized spacial score (nSPS) is 16.0. The van der Waals surface area contributed by atoms with Crippen molar-refractivity contribution in [2.75, 3.05) is 18.4 Å². The number of fused-ring (bicyclic) bond motifs is 1. The Bertz CT molecular complexity index is 1310. The molecule has 1 aliphatic heterocycles. The van der Waals surface area contributed by atoms with E-state index in [1.165, 1.54) is 0 Å². The van der Waals surface area contributed by atoms with Crippen LogP contribution in [0.2, 0.25) is 10.0 Å². The minimum atomic E-state index is 0.471. The number of benzene rings is 2. The number of rotatable bonds is 7. The van der Waals surface area contributed by atoms with Crippen molar-refractivity contribution in [1.29, 1.82) is 0 Å². The Morgan fingerprint density at radius 1 is 1.15 bits per heavy atom. The minimum absolute atomic E-state index is 0.471. The van der Waals surface area contributed by atoms with E-state index in [0.717, 1.165) is 60.6 Å². The molecule has 34 heavy (non-hydrogen) atoms. The number of hydrogen-bond acceptors (Lipinski definition) is 5. The molecule has 0 aliphatic carbocycles. The van der Waals surface area contributed by atoms with Crippen molar-refractivity contribution in [3.63, 3.8) is 0 Å². The molecule has 174 valence electrons. The Morgan fingerprint density at radius 2 is 1.97 bits per heavy atom. The molecule has 2 aromatic carbocycles. The third-order valence-electron chi connectivity index (χ3n) is 6.15. The summed E-state index contributed by atoms with van der Waals surface area (Å²) < 4.78 is 2.14. The lowest BCUT2D eigenvalue weighted by Crippen LogP contribution is -2.32. The molecule has 0 radical (unpaired) electrons. The fourth-order valence-electron chi connectivity index (χ4n) is 4.43. The standard InChI is InChI=1S/C26H26Cl2N6/c1-2-17-6-3-7-18(12-17)14-30-26-31-15-22-24(33-26)34(16-19-8-5-11-29-13-19)25(32-22)23-20(27)9-4-10-21(23)28/h2-4,6-7,9-10,12,15,19,29H,1,5,8,11,13-14,16H2,(H,30,31,33)/t19-/m1/s1. The van der Waals surface area contributed by atoms with E-state index in [0.29, 0.717) is 34.0 Å². The number of nitrogens with one attached hydrogen (secondary N) is 2. The maximum atomic E-state index is 6.57. The predicted octanol–water partition coefficient (Wildman–Crippen LogP) is 6.05. The van der Waals surface area contributed by atoms with Crippen molar-refractivity contribution >= 4 is 46.4 Å². The van der Waals surface area contributed by atoms with E-state index in [9.17, 15) is 0 Å². The molecule has 0 unspecified atom stereocenters. The van der Waals surface area contributed by atoms with E-state index in [4.69, 9.17) is 33.2 Å². The molecular formula is C26H26Cl2N6. The summed E-state index contributed by atoms with van der Waals surface area (Å²) >= 11 is 13.1. The maximum Gasteiger partial charge on any atom is 0.225 e. The zero-order chi connectivity index (χ0) is 23.5. The van der Waals surface area contributed by atoms with Crippen molar-refractivity contribution < 1.29 is 0 Å². The number of aromatic nitrogens is 4. The molecule has 1 fully saturated rings. The fourth-order valence-corrected chi connectivity index (χ4v) is 4.99. The predicted molar refractivity (Wildman–Crippen MR) is 140 cm³/mol. The SMILES string of the molecule is C=Cc1cccc(CNc2ncc3nc(-c4c(Cl)cccc4Cl)n(C[C@@H]4CCCNC4)c3n2)c1. The maximum absolute atomic E-state index is 6.57. The van der Waals surface area contributed by atoms with Gasteiger partial charge in [-0.15, -0.1) is 0 Å². The minimum Gasteiger partial charge on any atom is -0.350 e. The van der Waals surface area contributed by atoms with Gasteiger partial charge in [-0.3, -0.25) is 0 Å². The van der Waals surface area contributed by atoms with Crippen molar-refractivity contribution in [3.8, 4) is 11.4 Å². The molecule has 8 heteroatoms. The van der Waals surface area contributed by atoms with Crippen LogP contribution in [-0.4, -0.2) is 32.6 Å². The largest absolute Gasteiger partial charge is 0.350 e. The van der Waals surface area contributed by atoms with E-state index in [-0.39, 0.29) is 0 Å². The quantitative estimate of drug-likeness (QED) is 0.328. The highest BCUT2D eigenvalue weighted by atomic mass is 35.5. The second kappa shape index (κ2) is 10.1. The number of nitrogens with zero attached hydrogens (tertiary/aromatic N) is 4.